The first-order valence-corrected chi connectivity index (χ1v) is 7.53. The van der Waals surface area contributed by atoms with Crippen LogP contribution in [0, 0.1) is 0 Å². The lowest BCUT2D eigenvalue weighted by Gasteiger charge is -2.11. The number of aromatic nitrogens is 2. The highest BCUT2D eigenvalue weighted by Crippen LogP contribution is 2.26. The first-order valence-electron chi connectivity index (χ1n) is 6.30. The van der Waals surface area contributed by atoms with Crippen LogP contribution in [-0.2, 0) is 9.47 Å². The molecular weight excluding hydrogens is 304 g/mol. The molecule has 0 bridgehead atoms. The zero-order valence-electron chi connectivity index (χ0n) is 12.3. The second-order valence-electron chi connectivity index (χ2n) is 4.13. The van der Waals surface area contributed by atoms with Crippen molar-refractivity contribution in [3.05, 3.63) is 41.6 Å². The summed E-state index contributed by atoms with van der Waals surface area (Å²) in [6.07, 6.45) is 1.75. The molecule has 6 nitrogen and oxygen atoms in total. The zero-order valence-corrected chi connectivity index (χ0v) is 13.1. The number of carbonyl (C=O) groups is 2. The number of ether oxygens (including phenoxy) is 2. The number of rotatable bonds is 4. The van der Waals surface area contributed by atoms with Gasteiger partial charge in [-0.05, 0) is 6.26 Å². The SMILES string of the molecule is COC(=O)c1nc(-c2ccccc2)nc(SC)c1C(=O)OC. The minimum atomic E-state index is -0.713. The van der Waals surface area contributed by atoms with Crippen LogP contribution >= 0.6 is 11.8 Å². The van der Waals surface area contributed by atoms with Gasteiger partial charge in [-0.25, -0.2) is 19.6 Å². The molecule has 2 aromatic rings. The van der Waals surface area contributed by atoms with Crippen molar-refractivity contribution in [1.82, 2.24) is 9.97 Å². The number of thioether (sulfide) groups is 1. The largest absolute Gasteiger partial charge is 0.465 e. The molecule has 0 saturated heterocycles. The van der Waals surface area contributed by atoms with Crippen LogP contribution in [0.2, 0.25) is 0 Å². The fourth-order valence-corrected chi connectivity index (χ4v) is 2.40. The van der Waals surface area contributed by atoms with E-state index in [-0.39, 0.29) is 11.3 Å². The van der Waals surface area contributed by atoms with Gasteiger partial charge in [0.1, 0.15) is 10.6 Å². The standard InChI is InChI=1S/C15H14N2O4S/c1-20-14(18)10-11(15(19)21-2)16-12(17-13(10)22-3)9-7-5-4-6-8-9/h4-8H,1-3H3. The molecule has 2 rings (SSSR count). The van der Waals surface area contributed by atoms with Crippen molar-refractivity contribution >= 4 is 23.7 Å². The first kappa shape index (κ1) is 16.0. The van der Waals surface area contributed by atoms with Crippen LogP contribution < -0.4 is 0 Å². The summed E-state index contributed by atoms with van der Waals surface area (Å²) in [5, 5.41) is 0.362. The van der Waals surface area contributed by atoms with Crippen molar-refractivity contribution in [1.29, 1.82) is 0 Å². The maximum Gasteiger partial charge on any atom is 0.357 e. The number of methoxy groups -OCH3 is 2. The number of carbonyl (C=O) groups excluding carboxylic acids is 2. The maximum absolute atomic E-state index is 12.0. The Morgan fingerprint density at radius 2 is 1.64 bits per heavy atom. The van der Waals surface area contributed by atoms with E-state index in [4.69, 9.17) is 9.47 Å². The lowest BCUT2D eigenvalue weighted by molar-refractivity contribution is 0.0545. The summed E-state index contributed by atoms with van der Waals surface area (Å²) >= 11 is 1.23. The summed E-state index contributed by atoms with van der Waals surface area (Å²) < 4.78 is 9.44. The van der Waals surface area contributed by atoms with Crippen molar-refractivity contribution in [2.24, 2.45) is 0 Å². The van der Waals surface area contributed by atoms with E-state index >= 15 is 0 Å². The second kappa shape index (κ2) is 7.04. The molecule has 0 aliphatic rings. The van der Waals surface area contributed by atoms with Crippen molar-refractivity contribution in [2.45, 2.75) is 5.03 Å². The molecule has 22 heavy (non-hydrogen) atoms. The summed E-state index contributed by atoms with van der Waals surface area (Å²) in [5.74, 6) is -1.04. The lowest BCUT2D eigenvalue weighted by atomic mass is 10.2. The summed E-state index contributed by atoms with van der Waals surface area (Å²) in [5.41, 5.74) is 0.647. The van der Waals surface area contributed by atoms with Gasteiger partial charge in [0.25, 0.3) is 0 Å². The van der Waals surface area contributed by atoms with E-state index in [2.05, 4.69) is 9.97 Å². The van der Waals surface area contributed by atoms with Crippen LogP contribution in [0.4, 0.5) is 0 Å². The number of hydrogen-bond acceptors (Lipinski definition) is 7. The number of hydrogen-bond donors (Lipinski definition) is 0. The van der Waals surface area contributed by atoms with Gasteiger partial charge in [0, 0.05) is 5.56 Å². The fraction of sp³-hybridized carbons (Fsp3) is 0.200. The van der Waals surface area contributed by atoms with Crippen LogP contribution in [0.5, 0.6) is 0 Å². The highest BCUT2D eigenvalue weighted by Gasteiger charge is 2.26. The summed E-state index contributed by atoms with van der Waals surface area (Å²) in [6, 6.07) is 9.17. The molecule has 0 atom stereocenters. The smallest absolute Gasteiger partial charge is 0.357 e. The molecule has 1 aromatic heterocycles. The molecule has 114 valence electrons. The molecule has 0 saturated carbocycles. The summed E-state index contributed by atoms with van der Waals surface area (Å²) in [6.45, 7) is 0. The predicted molar refractivity (Wildman–Crippen MR) is 81.9 cm³/mol. The Morgan fingerprint density at radius 3 is 2.18 bits per heavy atom. The fourth-order valence-electron chi connectivity index (χ4n) is 1.83. The third kappa shape index (κ3) is 3.09. The molecule has 0 aliphatic carbocycles. The van der Waals surface area contributed by atoms with E-state index in [0.29, 0.717) is 10.9 Å². The minimum Gasteiger partial charge on any atom is -0.465 e. The van der Waals surface area contributed by atoms with Gasteiger partial charge < -0.3 is 9.47 Å². The van der Waals surface area contributed by atoms with Gasteiger partial charge >= 0.3 is 11.9 Å². The molecule has 1 heterocycles. The van der Waals surface area contributed by atoms with Gasteiger partial charge in [-0.1, -0.05) is 30.3 Å². The number of esters is 2. The van der Waals surface area contributed by atoms with Crippen LogP contribution in [0.25, 0.3) is 11.4 Å². The predicted octanol–water partition coefficient (Wildman–Crippen LogP) is 2.44. The molecule has 7 heteroatoms. The van der Waals surface area contributed by atoms with Crippen LogP contribution in [0.15, 0.2) is 35.4 Å². The molecule has 0 fully saturated rings. The summed E-state index contributed by atoms with van der Waals surface area (Å²) in [4.78, 5) is 32.5. The lowest BCUT2D eigenvalue weighted by Crippen LogP contribution is -2.17. The Morgan fingerprint density at radius 1 is 1.00 bits per heavy atom. The Bertz CT molecular complexity index is 704. The van der Waals surface area contributed by atoms with Gasteiger partial charge in [0.05, 0.1) is 14.2 Å². The topological polar surface area (TPSA) is 78.4 Å². The molecule has 1 aromatic carbocycles. The van der Waals surface area contributed by atoms with Crippen molar-refractivity contribution < 1.29 is 19.1 Å². The highest BCUT2D eigenvalue weighted by atomic mass is 32.2. The summed E-state index contributed by atoms with van der Waals surface area (Å²) in [7, 11) is 2.46. The van der Waals surface area contributed by atoms with E-state index in [0.717, 1.165) is 5.56 Å². The van der Waals surface area contributed by atoms with Crippen LogP contribution in [0.3, 0.4) is 0 Å². The van der Waals surface area contributed by atoms with Gasteiger partial charge in [-0.15, -0.1) is 11.8 Å². The maximum atomic E-state index is 12.0. The Balaban J connectivity index is 2.71. The highest BCUT2D eigenvalue weighted by molar-refractivity contribution is 7.98. The van der Waals surface area contributed by atoms with Crippen LogP contribution in [0.1, 0.15) is 20.8 Å². The van der Waals surface area contributed by atoms with Gasteiger partial charge in [0.2, 0.25) is 0 Å². The third-order valence-electron chi connectivity index (χ3n) is 2.87. The molecule has 0 spiro atoms. The van der Waals surface area contributed by atoms with Crippen molar-refractivity contribution in [2.75, 3.05) is 20.5 Å². The molecular formula is C15H14N2O4S. The second-order valence-corrected chi connectivity index (χ2v) is 4.92. The average Bonchev–Trinajstić information content (AvgIpc) is 2.59. The minimum absolute atomic E-state index is 0.0153. The average molecular weight is 318 g/mol. The third-order valence-corrected chi connectivity index (χ3v) is 3.55. The Kier molecular flexibility index (Phi) is 5.11. The van der Waals surface area contributed by atoms with Gasteiger partial charge in [-0.3, -0.25) is 0 Å². The van der Waals surface area contributed by atoms with E-state index < -0.39 is 11.9 Å². The van der Waals surface area contributed by atoms with Gasteiger partial charge in [0.15, 0.2) is 11.5 Å². The monoisotopic (exact) mass is 318 g/mol. The molecule has 0 amide bonds. The van der Waals surface area contributed by atoms with Crippen molar-refractivity contribution in [3.8, 4) is 11.4 Å². The first-order chi connectivity index (χ1) is 10.6. The normalized spacial score (nSPS) is 10.1. The van der Waals surface area contributed by atoms with Crippen LogP contribution in [-0.4, -0.2) is 42.4 Å². The molecule has 0 aliphatic heterocycles. The molecule has 0 unspecified atom stereocenters. The molecule has 0 radical (unpaired) electrons. The van der Waals surface area contributed by atoms with Gasteiger partial charge in [-0.2, -0.15) is 0 Å². The quantitative estimate of drug-likeness (QED) is 0.486. The number of benzene rings is 1. The van der Waals surface area contributed by atoms with E-state index in [1.165, 1.54) is 26.0 Å². The number of nitrogens with zero attached hydrogens (tertiary/aromatic N) is 2. The Labute approximate surface area is 131 Å². The van der Waals surface area contributed by atoms with E-state index in [1.807, 2.05) is 30.3 Å². The van der Waals surface area contributed by atoms with Crippen molar-refractivity contribution in [3.63, 3.8) is 0 Å². The van der Waals surface area contributed by atoms with E-state index in [9.17, 15) is 9.59 Å². The molecule has 0 N–H and O–H groups in total. The zero-order chi connectivity index (χ0) is 16.1. The van der Waals surface area contributed by atoms with E-state index in [1.54, 1.807) is 6.26 Å². The Hall–Kier alpha value is -2.41.